The van der Waals surface area contributed by atoms with Gasteiger partial charge in [-0.1, -0.05) is 13.8 Å². The van der Waals surface area contributed by atoms with Crippen LogP contribution in [-0.4, -0.2) is 64.9 Å². The summed E-state index contributed by atoms with van der Waals surface area (Å²) in [6.07, 6.45) is -1.35. The van der Waals surface area contributed by atoms with E-state index in [2.05, 4.69) is 21.3 Å². The lowest BCUT2D eigenvalue weighted by Crippen LogP contribution is -2.54. The van der Waals surface area contributed by atoms with Crippen LogP contribution in [0.2, 0.25) is 0 Å². The number of carbonyl (C=O) groups excluding carboxylic acids is 4. The average Bonchev–Trinajstić information content (AvgIpc) is 2.77. The summed E-state index contributed by atoms with van der Waals surface area (Å²) in [5, 5.41) is 31.0. The number of nitrogens with one attached hydrogen (secondary N) is 4. The Labute approximate surface area is 198 Å². The number of carbonyl (C=O) groups is 4. The number of aliphatic hydroxyl groups excluding tert-OH is 1. The number of amides is 4. The Morgan fingerprint density at radius 2 is 1.74 bits per heavy atom. The molecule has 0 aliphatic carbocycles. The van der Waals surface area contributed by atoms with Crippen molar-refractivity contribution in [3.8, 4) is 0 Å². The van der Waals surface area contributed by atoms with Gasteiger partial charge in [0, 0.05) is 18.7 Å². The second-order valence-corrected chi connectivity index (χ2v) is 7.07. The number of aryl methyl sites for hydroxylation is 1. The molecule has 34 heavy (non-hydrogen) atoms. The van der Waals surface area contributed by atoms with Crippen LogP contribution in [0.25, 0.3) is 0 Å². The predicted molar refractivity (Wildman–Crippen MR) is 126 cm³/mol. The first kappa shape index (κ1) is 30.3. The third kappa shape index (κ3) is 9.02. The summed E-state index contributed by atoms with van der Waals surface area (Å²) in [6.45, 7) is 9.88. The molecule has 0 saturated carbocycles. The van der Waals surface area contributed by atoms with Crippen LogP contribution in [0, 0.1) is 17.0 Å². The topological polar surface area (TPSA) is 206 Å². The van der Waals surface area contributed by atoms with Gasteiger partial charge >= 0.3 is 0 Å². The van der Waals surface area contributed by atoms with Gasteiger partial charge in [-0.05, 0) is 33.3 Å². The number of rotatable bonds is 11. The zero-order valence-corrected chi connectivity index (χ0v) is 20.2. The molecule has 1 aromatic rings. The van der Waals surface area contributed by atoms with Crippen LogP contribution in [0.1, 0.15) is 50.5 Å². The van der Waals surface area contributed by atoms with E-state index in [1.165, 1.54) is 19.9 Å². The number of hydrogen-bond donors (Lipinski definition) is 6. The molecule has 1 rings (SSSR count). The normalized spacial score (nSPS) is 12.7. The number of aliphatic hydroxyl groups is 1. The van der Waals surface area contributed by atoms with Crippen molar-refractivity contribution < 1.29 is 29.2 Å². The van der Waals surface area contributed by atoms with E-state index in [9.17, 15) is 34.4 Å². The van der Waals surface area contributed by atoms with Crippen molar-refractivity contribution in [2.75, 3.05) is 18.4 Å². The van der Waals surface area contributed by atoms with Gasteiger partial charge in [0.25, 0.3) is 11.6 Å². The first-order chi connectivity index (χ1) is 15.9. The van der Waals surface area contributed by atoms with Crippen LogP contribution in [0.5, 0.6) is 0 Å². The van der Waals surface area contributed by atoms with E-state index in [1.54, 1.807) is 13.8 Å². The van der Waals surface area contributed by atoms with Gasteiger partial charge in [0.15, 0.2) is 0 Å². The second kappa shape index (κ2) is 14.4. The van der Waals surface area contributed by atoms with Crippen molar-refractivity contribution in [3.05, 3.63) is 33.4 Å². The summed E-state index contributed by atoms with van der Waals surface area (Å²) in [4.78, 5) is 58.6. The Kier molecular flexibility index (Phi) is 12.8. The van der Waals surface area contributed by atoms with Crippen molar-refractivity contribution in [2.45, 2.75) is 59.7 Å². The monoisotopic (exact) mass is 482 g/mol. The van der Waals surface area contributed by atoms with Crippen LogP contribution in [0.15, 0.2) is 12.1 Å². The van der Waals surface area contributed by atoms with E-state index in [-0.39, 0.29) is 11.3 Å². The van der Waals surface area contributed by atoms with Crippen molar-refractivity contribution in [3.63, 3.8) is 0 Å². The van der Waals surface area contributed by atoms with Crippen LogP contribution in [0.4, 0.5) is 11.4 Å². The lowest BCUT2D eigenvalue weighted by atomic mass is 10.0. The summed E-state index contributed by atoms with van der Waals surface area (Å²) in [6, 6.07) is -0.0406. The molecule has 3 atom stereocenters. The Hall–Kier alpha value is -3.74. The zero-order chi connectivity index (χ0) is 26.6. The molecule has 190 valence electrons. The molecule has 0 bridgehead atoms. The summed E-state index contributed by atoms with van der Waals surface area (Å²) >= 11 is 0. The Morgan fingerprint density at radius 3 is 2.21 bits per heavy atom. The molecule has 13 heteroatoms. The number of nitro benzene ring substituents is 1. The lowest BCUT2D eigenvalue weighted by molar-refractivity contribution is -0.384. The highest BCUT2D eigenvalue weighted by Gasteiger charge is 2.28. The van der Waals surface area contributed by atoms with E-state index in [1.807, 2.05) is 13.8 Å². The Bertz CT molecular complexity index is 904. The molecule has 0 aliphatic rings. The molecule has 0 aliphatic heterocycles. The molecule has 3 unspecified atom stereocenters. The molecule has 0 heterocycles. The fourth-order valence-electron chi connectivity index (χ4n) is 2.73. The molecule has 0 fully saturated rings. The van der Waals surface area contributed by atoms with Gasteiger partial charge in [0.1, 0.15) is 12.1 Å². The smallest absolute Gasteiger partial charge is 0.270 e. The quantitative estimate of drug-likeness (QED) is 0.186. The van der Waals surface area contributed by atoms with Gasteiger partial charge in [0.2, 0.25) is 17.7 Å². The molecular weight excluding hydrogens is 448 g/mol. The maximum absolute atomic E-state index is 12.8. The van der Waals surface area contributed by atoms with Gasteiger partial charge in [-0.2, -0.15) is 0 Å². The summed E-state index contributed by atoms with van der Waals surface area (Å²) in [5.41, 5.74) is 5.45. The molecule has 0 saturated heterocycles. The fourth-order valence-corrected chi connectivity index (χ4v) is 2.73. The number of benzene rings is 1. The third-order valence-electron chi connectivity index (χ3n) is 4.41. The van der Waals surface area contributed by atoms with E-state index >= 15 is 0 Å². The highest BCUT2D eigenvalue weighted by atomic mass is 16.6. The maximum atomic E-state index is 12.8. The minimum absolute atomic E-state index is 0.0787. The molecule has 1 aromatic carbocycles. The third-order valence-corrected chi connectivity index (χ3v) is 4.41. The van der Waals surface area contributed by atoms with Crippen LogP contribution in [-0.2, 0) is 14.4 Å². The molecule has 13 nitrogen and oxygen atoms in total. The first-order valence-corrected chi connectivity index (χ1v) is 10.8. The van der Waals surface area contributed by atoms with Crippen molar-refractivity contribution >= 4 is 35.0 Å². The standard InChI is InChI=1S/C19H28N6O7.C2H6/c1-5-21-15-9(2)6-12(25(31)32)7-13(15)18(29)24-16(11(4)26)19(30)22-8-14(27)23-10(3)17(20)28;1-2/h6-7,10-11,16,21,26H,5,8H2,1-4H3,(H2,20,28)(H,22,30)(H,23,27)(H,24,29);1-2H3. The van der Waals surface area contributed by atoms with Gasteiger partial charge in [0.05, 0.1) is 28.8 Å². The Morgan fingerprint density at radius 1 is 1.15 bits per heavy atom. The highest BCUT2D eigenvalue weighted by Crippen LogP contribution is 2.27. The number of primary amides is 1. The summed E-state index contributed by atoms with van der Waals surface area (Å²) in [7, 11) is 0. The molecule has 7 N–H and O–H groups in total. The summed E-state index contributed by atoms with van der Waals surface area (Å²) < 4.78 is 0. The maximum Gasteiger partial charge on any atom is 0.270 e. The molecule has 0 radical (unpaired) electrons. The second-order valence-electron chi connectivity index (χ2n) is 7.07. The van der Waals surface area contributed by atoms with Crippen LogP contribution >= 0.6 is 0 Å². The molecule has 0 aromatic heterocycles. The van der Waals surface area contributed by atoms with Gasteiger partial charge < -0.3 is 32.1 Å². The van der Waals surface area contributed by atoms with E-state index < -0.39 is 53.3 Å². The minimum atomic E-state index is -1.46. The number of nitrogens with two attached hydrogens (primary N) is 1. The Balaban J connectivity index is 0.00000529. The largest absolute Gasteiger partial charge is 0.391 e. The van der Waals surface area contributed by atoms with Gasteiger partial charge in [-0.25, -0.2) is 0 Å². The summed E-state index contributed by atoms with van der Waals surface area (Å²) in [5.74, 6) is -3.17. The highest BCUT2D eigenvalue weighted by molar-refractivity contribution is 6.03. The number of anilines is 1. The fraction of sp³-hybridized carbons (Fsp3) is 0.524. The number of nitro groups is 1. The lowest BCUT2D eigenvalue weighted by Gasteiger charge is -2.22. The van der Waals surface area contributed by atoms with Crippen molar-refractivity contribution in [1.29, 1.82) is 0 Å². The number of nitrogens with zero attached hydrogens (tertiary/aromatic N) is 1. The molecular formula is C21H34N6O7. The molecule has 4 amide bonds. The zero-order valence-electron chi connectivity index (χ0n) is 20.2. The van der Waals surface area contributed by atoms with E-state index in [0.717, 1.165) is 6.07 Å². The van der Waals surface area contributed by atoms with Crippen molar-refractivity contribution in [2.24, 2.45) is 5.73 Å². The number of non-ortho nitro benzene ring substituents is 1. The predicted octanol–water partition coefficient (Wildman–Crippen LogP) is -0.0534. The van der Waals surface area contributed by atoms with Crippen LogP contribution < -0.4 is 27.0 Å². The van der Waals surface area contributed by atoms with Crippen LogP contribution in [0.3, 0.4) is 0 Å². The SMILES string of the molecule is CC.CCNc1c(C)cc([N+](=O)[O-])cc1C(=O)NC(C(=O)NCC(=O)NC(C)C(N)=O)C(C)O. The first-order valence-electron chi connectivity index (χ1n) is 10.8. The minimum Gasteiger partial charge on any atom is -0.391 e. The number of hydrogen-bond acceptors (Lipinski definition) is 8. The van der Waals surface area contributed by atoms with Gasteiger partial charge in [-0.15, -0.1) is 0 Å². The van der Waals surface area contributed by atoms with Crippen molar-refractivity contribution in [1.82, 2.24) is 16.0 Å². The van der Waals surface area contributed by atoms with E-state index in [4.69, 9.17) is 5.73 Å². The molecule has 0 spiro atoms. The average molecular weight is 483 g/mol. The van der Waals surface area contributed by atoms with E-state index in [0.29, 0.717) is 17.8 Å². The van der Waals surface area contributed by atoms with Gasteiger partial charge in [-0.3, -0.25) is 29.3 Å².